The van der Waals surface area contributed by atoms with Crippen LogP contribution in [0.5, 0.6) is 0 Å². The number of benzene rings is 3. The van der Waals surface area contributed by atoms with E-state index in [2.05, 4.69) is 16.7 Å². The van der Waals surface area contributed by atoms with Crippen molar-refractivity contribution < 1.29 is 9.59 Å². The van der Waals surface area contributed by atoms with E-state index in [1.54, 1.807) is 24.3 Å². The van der Waals surface area contributed by atoms with Crippen LogP contribution in [-0.4, -0.2) is 11.8 Å². The first-order chi connectivity index (χ1) is 13.7. The van der Waals surface area contributed by atoms with Gasteiger partial charge in [-0.05, 0) is 60.2 Å². The summed E-state index contributed by atoms with van der Waals surface area (Å²) in [6.07, 6.45) is 3.31. The number of nitrogens with one attached hydrogen (secondary N) is 2. The first-order valence-electron chi connectivity index (χ1n) is 9.54. The molecule has 0 radical (unpaired) electrons. The third-order valence-electron chi connectivity index (χ3n) is 5.07. The summed E-state index contributed by atoms with van der Waals surface area (Å²) in [5.41, 5.74) is 4.68. The highest BCUT2D eigenvalue weighted by Crippen LogP contribution is 2.25. The molecule has 140 valence electrons. The Morgan fingerprint density at radius 3 is 2.21 bits per heavy atom. The van der Waals surface area contributed by atoms with Gasteiger partial charge >= 0.3 is 0 Å². The molecule has 3 aromatic carbocycles. The van der Waals surface area contributed by atoms with E-state index in [4.69, 9.17) is 0 Å². The fourth-order valence-electron chi connectivity index (χ4n) is 3.61. The molecule has 2 N–H and O–H groups in total. The predicted octanol–water partition coefficient (Wildman–Crippen LogP) is 4.29. The Labute approximate surface area is 164 Å². The quantitative estimate of drug-likeness (QED) is 0.704. The zero-order valence-corrected chi connectivity index (χ0v) is 15.5. The van der Waals surface area contributed by atoms with Gasteiger partial charge < -0.3 is 10.6 Å². The number of fused-ring (bicyclic) bond motifs is 1. The van der Waals surface area contributed by atoms with E-state index in [0.29, 0.717) is 5.56 Å². The number of carbonyl (C=O) groups excluding carboxylic acids is 2. The molecule has 1 aliphatic carbocycles. The highest BCUT2D eigenvalue weighted by molar-refractivity contribution is 6.01. The molecular weight excluding hydrogens is 348 g/mol. The molecular formula is C24H22N2O2. The number of hydrogen-bond donors (Lipinski definition) is 2. The molecule has 0 aromatic heterocycles. The number of aryl methyl sites for hydroxylation is 2. The summed E-state index contributed by atoms with van der Waals surface area (Å²) in [7, 11) is 0. The normalized spacial score (nSPS) is 13.4. The molecule has 0 aliphatic heterocycles. The van der Waals surface area contributed by atoms with Gasteiger partial charge in [0, 0.05) is 11.3 Å². The molecule has 4 heteroatoms. The maximum atomic E-state index is 13.1. The van der Waals surface area contributed by atoms with Gasteiger partial charge in [-0.3, -0.25) is 9.59 Å². The van der Waals surface area contributed by atoms with Gasteiger partial charge in [-0.2, -0.15) is 0 Å². The predicted molar refractivity (Wildman–Crippen MR) is 110 cm³/mol. The van der Waals surface area contributed by atoms with Crippen LogP contribution in [0.4, 0.5) is 5.69 Å². The van der Waals surface area contributed by atoms with Gasteiger partial charge in [-0.1, -0.05) is 54.6 Å². The molecule has 1 aliphatic rings. The molecule has 4 rings (SSSR count). The van der Waals surface area contributed by atoms with Crippen molar-refractivity contribution in [2.24, 2.45) is 0 Å². The van der Waals surface area contributed by atoms with Crippen molar-refractivity contribution >= 4 is 17.5 Å². The largest absolute Gasteiger partial charge is 0.336 e. The van der Waals surface area contributed by atoms with Crippen LogP contribution in [-0.2, 0) is 17.6 Å². The smallest absolute Gasteiger partial charge is 0.252 e. The van der Waals surface area contributed by atoms with Crippen LogP contribution >= 0.6 is 0 Å². The SMILES string of the molecule is O=C(NC(C(=O)Nc1ccc2c(c1)CCC2)c1ccccc1)c1ccccc1. The van der Waals surface area contributed by atoms with Gasteiger partial charge in [0.1, 0.15) is 6.04 Å². The van der Waals surface area contributed by atoms with Crippen molar-refractivity contribution in [3.8, 4) is 0 Å². The zero-order valence-electron chi connectivity index (χ0n) is 15.5. The van der Waals surface area contributed by atoms with Crippen molar-refractivity contribution in [1.82, 2.24) is 5.32 Å². The van der Waals surface area contributed by atoms with Crippen molar-refractivity contribution in [1.29, 1.82) is 0 Å². The minimum absolute atomic E-state index is 0.256. The lowest BCUT2D eigenvalue weighted by atomic mass is 10.0. The second-order valence-corrected chi connectivity index (χ2v) is 7.01. The summed E-state index contributed by atoms with van der Waals surface area (Å²) < 4.78 is 0. The summed E-state index contributed by atoms with van der Waals surface area (Å²) in [5, 5.41) is 5.84. The Morgan fingerprint density at radius 1 is 0.786 bits per heavy atom. The standard InChI is InChI=1S/C24H22N2O2/c27-23(19-10-5-2-6-11-19)26-22(18-8-3-1-4-9-18)24(28)25-21-15-14-17-12-7-13-20(17)16-21/h1-6,8-11,14-16,22H,7,12-13H2,(H,25,28)(H,26,27). The Bertz CT molecular complexity index is 984. The van der Waals surface area contributed by atoms with E-state index in [1.165, 1.54) is 11.1 Å². The molecule has 1 atom stereocenters. The molecule has 0 fully saturated rings. The van der Waals surface area contributed by atoms with Gasteiger partial charge in [-0.25, -0.2) is 0 Å². The molecule has 4 nitrogen and oxygen atoms in total. The molecule has 2 amide bonds. The van der Waals surface area contributed by atoms with Gasteiger partial charge in [0.2, 0.25) is 0 Å². The van der Waals surface area contributed by atoms with Crippen LogP contribution in [0, 0.1) is 0 Å². The summed E-state index contributed by atoms with van der Waals surface area (Å²) in [6.45, 7) is 0. The van der Waals surface area contributed by atoms with Crippen LogP contribution in [0.15, 0.2) is 78.9 Å². The first-order valence-corrected chi connectivity index (χ1v) is 9.54. The van der Waals surface area contributed by atoms with Crippen molar-refractivity contribution in [2.45, 2.75) is 25.3 Å². The second-order valence-electron chi connectivity index (χ2n) is 7.01. The number of rotatable bonds is 5. The molecule has 1 unspecified atom stereocenters. The minimum Gasteiger partial charge on any atom is -0.336 e. The summed E-state index contributed by atoms with van der Waals surface area (Å²) >= 11 is 0. The van der Waals surface area contributed by atoms with E-state index in [-0.39, 0.29) is 11.8 Å². The van der Waals surface area contributed by atoms with E-state index in [0.717, 1.165) is 30.5 Å². The van der Waals surface area contributed by atoms with E-state index in [9.17, 15) is 9.59 Å². The van der Waals surface area contributed by atoms with Crippen LogP contribution < -0.4 is 10.6 Å². The number of hydrogen-bond acceptors (Lipinski definition) is 2. The Balaban J connectivity index is 1.56. The summed E-state index contributed by atoms with van der Waals surface area (Å²) in [4.78, 5) is 25.7. The molecule has 0 bridgehead atoms. The third-order valence-corrected chi connectivity index (χ3v) is 5.07. The lowest BCUT2D eigenvalue weighted by Gasteiger charge is -2.19. The maximum absolute atomic E-state index is 13.1. The fraction of sp³-hybridized carbons (Fsp3) is 0.167. The van der Waals surface area contributed by atoms with Crippen LogP contribution in [0.1, 0.15) is 39.5 Å². The molecule has 0 spiro atoms. The van der Waals surface area contributed by atoms with Crippen LogP contribution in [0.2, 0.25) is 0 Å². The van der Waals surface area contributed by atoms with Crippen molar-refractivity contribution in [3.63, 3.8) is 0 Å². The van der Waals surface area contributed by atoms with Crippen molar-refractivity contribution in [3.05, 3.63) is 101 Å². The molecule has 3 aromatic rings. The van der Waals surface area contributed by atoms with Crippen LogP contribution in [0.25, 0.3) is 0 Å². The average Bonchev–Trinajstić information content (AvgIpc) is 3.21. The number of amides is 2. The highest BCUT2D eigenvalue weighted by Gasteiger charge is 2.24. The molecule has 0 saturated carbocycles. The monoisotopic (exact) mass is 370 g/mol. The number of anilines is 1. The Kier molecular flexibility index (Phi) is 5.20. The van der Waals surface area contributed by atoms with Gasteiger partial charge in [0.25, 0.3) is 11.8 Å². The number of carbonyl (C=O) groups is 2. The summed E-state index contributed by atoms with van der Waals surface area (Å²) in [5.74, 6) is -0.535. The second kappa shape index (κ2) is 8.09. The minimum atomic E-state index is -0.776. The van der Waals surface area contributed by atoms with E-state index in [1.807, 2.05) is 48.5 Å². The molecule has 28 heavy (non-hydrogen) atoms. The third kappa shape index (κ3) is 3.96. The van der Waals surface area contributed by atoms with Crippen LogP contribution in [0.3, 0.4) is 0 Å². The first kappa shape index (κ1) is 18.0. The van der Waals surface area contributed by atoms with Crippen molar-refractivity contribution in [2.75, 3.05) is 5.32 Å². The summed E-state index contributed by atoms with van der Waals surface area (Å²) in [6, 6.07) is 23.5. The zero-order chi connectivity index (χ0) is 19.3. The average molecular weight is 370 g/mol. The van der Waals surface area contributed by atoms with Gasteiger partial charge in [-0.15, -0.1) is 0 Å². The fourth-order valence-corrected chi connectivity index (χ4v) is 3.61. The lowest BCUT2D eigenvalue weighted by molar-refractivity contribution is -0.118. The highest BCUT2D eigenvalue weighted by atomic mass is 16.2. The Hall–Kier alpha value is -3.40. The lowest BCUT2D eigenvalue weighted by Crippen LogP contribution is -2.37. The van der Waals surface area contributed by atoms with E-state index >= 15 is 0 Å². The van der Waals surface area contributed by atoms with Gasteiger partial charge in [0.05, 0.1) is 0 Å². The molecule has 0 heterocycles. The molecule has 0 saturated heterocycles. The topological polar surface area (TPSA) is 58.2 Å². The Morgan fingerprint density at radius 2 is 1.46 bits per heavy atom. The van der Waals surface area contributed by atoms with E-state index < -0.39 is 6.04 Å². The maximum Gasteiger partial charge on any atom is 0.252 e. The van der Waals surface area contributed by atoms with Gasteiger partial charge in [0.15, 0.2) is 0 Å².